The molecular formula is C19H16O3S. The van der Waals surface area contributed by atoms with Gasteiger partial charge in [-0.15, -0.1) is 11.3 Å². The van der Waals surface area contributed by atoms with Crippen molar-refractivity contribution in [2.75, 3.05) is 6.79 Å². The Hall–Kier alpha value is -2.59. The zero-order chi connectivity index (χ0) is 16.2. The molecule has 0 N–H and O–H groups in total. The molecule has 1 aromatic heterocycles. The minimum Gasteiger partial charge on any atom is -0.457 e. The molecule has 0 spiro atoms. The first-order valence-electron chi connectivity index (χ1n) is 7.18. The number of carbonyl (C=O) groups excluding carboxylic acids is 1. The van der Waals surface area contributed by atoms with Crippen molar-refractivity contribution in [2.24, 2.45) is 0 Å². The largest absolute Gasteiger partial charge is 0.457 e. The molecule has 0 aliphatic heterocycles. The summed E-state index contributed by atoms with van der Waals surface area (Å²) in [5.74, 6) is 0.224. The molecule has 0 aliphatic rings. The van der Waals surface area contributed by atoms with E-state index in [0.717, 1.165) is 4.70 Å². The predicted octanol–water partition coefficient (Wildman–Crippen LogP) is 5.02. The van der Waals surface area contributed by atoms with Crippen LogP contribution in [-0.2, 0) is 9.53 Å². The maximum atomic E-state index is 11.3. The Balaban J connectivity index is 1.74. The fourth-order valence-corrected chi connectivity index (χ4v) is 3.22. The minimum atomic E-state index is -0.450. The van der Waals surface area contributed by atoms with Gasteiger partial charge in [0, 0.05) is 15.2 Å². The summed E-state index contributed by atoms with van der Waals surface area (Å²) in [4.78, 5) is 12.5. The highest BCUT2D eigenvalue weighted by atomic mass is 32.1. The number of hydrogen-bond donors (Lipinski definition) is 0. The first-order valence-corrected chi connectivity index (χ1v) is 7.99. The van der Waals surface area contributed by atoms with E-state index in [4.69, 9.17) is 9.47 Å². The number of esters is 1. The molecule has 3 aromatic rings. The zero-order valence-corrected chi connectivity index (χ0v) is 13.6. The second kappa shape index (κ2) is 6.67. The van der Waals surface area contributed by atoms with E-state index in [-0.39, 0.29) is 6.79 Å². The van der Waals surface area contributed by atoms with E-state index in [0.29, 0.717) is 11.3 Å². The highest BCUT2D eigenvalue weighted by Crippen LogP contribution is 2.35. The average Bonchev–Trinajstić information content (AvgIpc) is 2.98. The van der Waals surface area contributed by atoms with Gasteiger partial charge in [-0.25, -0.2) is 4.79 Å². The molecule has 116 valence electrons. The molecule has 3 nitrogen and oxygen atoms in total. The van der Waals surface area contributed by atoms with Gasteiger partial charge in [-0.2, -0.15) is 0 Å². The molecule has 4 heteroatoms. The summed E-state index contributed by atoms with van der Waals surface area (Å²) in [7, 11) is 0. The topological polar surface area (TPSA) is 35.5 Å². The Kier molecular flexibility index (Phi) is 4.44. The number of rotatable bonds is 5. The second-order valence-corrected chi connectivity index (χ2v) is 6.23. The first-order chi connectivity index (χ1) is 11.1. The van der Waals surface area contributed by atoms with Crippen LogP contribution in [-0.4, -0.2) is 12.8 Å². The third-order valence-electron chi connectivity index (χ3n) is 3.31. The van der Waals surface area contributed by atoms with Crippen LogP contribution in [0.3, 0.4) is 0 Å². The van der Waals surface area contributed by atoms with Crippen molar-refractivity contribution in [1.82, 2.24) is 0 Å². The Morgan fingerprint density at radius 3 is 2.65 bits per heavy atom. The number of fused-ring (bicyclic) bond motifs is 1. The van der Waals surface area contributed by atoms with Crippen LogP contribution in [0.4, 0.5) is 0 Å². The third-order valence-corrected chi connectivity index (χ3v) is 4.46. The summed E-state index contributed by atoms with van der Waals surface area (Å²) in [5.41, 5.74) is 1.56. The number of hydrogen-bond acceptors (Lipinski definition) is 4. The van der Waals surface area contributed by atoms with Crippen molar-refractivity contribution >= 4 is 27.4 Å². The molecule has 0 saturated carbocycles. The molecule has 23 heavy (non-hydrogen) atoms. The monoisotopic (exact) mass is 324 g/mol. The lowest BCUT2D eigenvalue weighted by molar-refractivity contribution is -0.145. The SMILES string of the molecule is C=C(C)C(=O)OCOc1ccc2cc(-c3ccccc3)sc2c1. The maximum absolute atomic E-state index is 11.3. The summed E-state index contributed by atoms with van der Waals surface area (Å²) < 4.78 is 11.5. The third kappa shape index (κ3) is 3.60. The summed E-state index contributed by atoms with van der Waals surface area (Å²) in [5, 5.41) is 1.17. The van der Waals surface area contributed by atoms with E-state index >= 15 is 0 Å². The minimum absolute atomic E-state index is 0.117. The van der Waals surface area contributed by atoms with Gasteiger partial charge in [-0.1, -0.05) is 36.9 Å². The molecule has 0 fully saturated rings. The number of carbonyl (C=O) groups is 1. The molecule has 2 aromatic carbocycles. The normalized spacial score (nSPS) is 10.5. The van der Waals surface area contributed by atoms with Gasteiger partial charge in [-0.05, 0) is 42.1 Å². The van der Waals surface area contributed by atoms with Gasteiger partial charge in [0.2, 0.25) is 6.79 Å². The van der Waals surface area contributed by atoms with Crippen LogP contribution in [0.5, 0.6) is 5.75 Å². The highest BCUT2D eigenvalue weighted by Gasteiger charge is 2.07. The summed E-state index contributed by atoms with van der Waals surface area (Å²) >= 11 is 1.71. The van der Waals surface area contributed by atoms with E-state index in [1.807, 2.05) is 36.4 Å². The molecule has 1 heterocycles. The number of thiophene rings is 1. The second-order valence-electron chi connectivity index (χ2n) is 5.15. The van der Waals surface area contributed by atoms with Crippen molar-refractivity contribution in [2.45, 2.75) is 6.92 Å². The molecule has 0 radical (unpaired) electrons. The van der Waals surface area contributed by atoms with Crippen LogP contribution in [0.15, 0.2) is 66.7 Å². The lowest BCUT2D eigenvalue weighted by atomic mass is 10.1. The molecule has 0 amide bonds. The number of ether oxygens (including phenoxy) is 2. The Bertz CT molecular complexity index is 849. The predicted molar refractivity (Wildman–Crippen MR) is 93.7 cm³/mol. The smallest absolute Gasteiger partial charge is 0.335 e. The Morgan fingerprint density at radius 1 is 1.13 bits per heavy atom. The van der Waals surface area contributed by atoms with Crippen molar-refractivity contribution in [1.29, 1.82) is 0 Å². The van der Waals surface area contributed by atoms with Gasteiger partial charge in [-0.3, -0.25) is 0 Å². The van der Waals surface area contributed by atoms with Crippen molar-refractivity contribution in [3.8, 4) is 16.2 Å². The van der Waals surface area contributed by atoms with Crippen LogP contribution in [0, 0.1) is 0 Å². The molecular weight excluding hydrogens is 308 g/mol. The van der Waals surface area contributed by atoms with Gasteiger partial charge in [0.1, 0.15) is 5.75 Å². The highest BCUT2D eigenvalue weighted by molar-refractivity contribution is 7.22. The van der Waals surface area contributed by atoms with Crippen molar-refractivity contribution in [3.63, 3.8) is 0 Å². The summed E-state index contributed by atoms with van der Waals surface area (Å²) in [6.45, 7) is 5.01. The first kappa shape index (κ1) is 15.3. The standard InChI is InChI=1S/C19H16O3S/c1-13(2)19(20)22-12-21-16-9-8-15-10-17(23-18(15)11-16)14-6-4-3-5-7-14/h3-11H,1,12H2,2H3. The summed E-state index contributed by atoms with van der Waals surface area (Å²) in [6, 6.07) is 18.3. The van der Waals surface area contributed by atoms with E-state index < -0.39 is 5.97 Å². The molecule has 0 atom stereocenters. The van der Waals surface area contributed by atoms with Crippen molar-refractivity contribution < 1.29 is 14.3 Å². The fraction of sp³-hybridized carbons (Fsp3) is 0.105. The molecule has 0 unspecified atom stereocenters. The Morgan fingerprint density at radius 2 is 1.91 bits per heavy atom. The molecule has 0 aliphatic carbocycles. The van der Waals surface area contributed by atoms with Crippen molar-refractivity contribution in [3.05, 3.63) is 66.7 Å². The van der Waals surface area contributed by atoms with Crippen LogP contribution in [0.1, 0.15) is 6.92 Å². The van der Waals surface area contributed by atoms with Gasteiger partial charge in [0.25, 0.3) is 0 Å². The van der Waals surface area contributed by atoms with E-state index in [2.05, 4.69) is 24.8 Å². The average molecular weight is 324 g/mol. The lowest BCUT2D eigenvalue weighted by Gasteiger charge is -2.07. The van der Waals surface area contributed by atoms with E-state index in [9.17, 15) is 4.79 Å². The van der Waals surface area contributed by atoms with Gasteiger partial charge < -0.3 is 9.47 Å². The molecule has 0 bridgehead atoms. The van der Waals surface area contributed by atoms with Crippen LogP contribution in [0.2, 0.25) is 0 Å². The quantitative estimate of drug-likeness (QED) is 0.375. The summed E-state index contributed by atoms with van der Waals surface area (Å²) in [6.07, 6.45) is 0. The van der Waals surface area contributed by atoms with Gasteiger partial charge in [0.05, 0.1) is 0 Å². The number of benzene rings is 2. The lowest BCUT2D eigenvalue weighted by Crippen LogP contribution is -2.10. The van der Waals surface area contributed by atoms with Gasteiger partial charge >= 0.3 is 5.97 Å². The van der Waals surface area contributed by atoms with Crippen LogP contribution >= 0.6 is 11.3 Å². The van der Waals surface area contributed by atoms with Crippen LogP contribution in [0.25, 0.3) is 20.5 Å². The maximum Gasteiger partial charge on any atom is 0.335 e. The van der Waals surface area contributed by atoms with E-state index in [1.165, 1.54) is 15.8 Å². The molecule has 0 saturated heterocycles. The zero-order valence-electron chi connectivity index (χ0n) is 12.7. The molecule has 3 rings (SSSR count). The fourth-order valence-electron chi connectivity index (χ4n) is 2.12. The van der Waals surface area contributed by atoms with Crippen LogP contribution < -0.4 is 4.74 Å². The Labute approximate surface area is 138 Å². The van der Waals surface area contributed by atoms with E-state index in [1.54, 1.807) is 18.3 Å². The van der Waals surface area contributed by atoms with Gasteiger partial charge in [0.15, 0.2) is 0 Å².